The van der Waals surface area contributed by atoms with Crippen molar-refractivity contribution >= 4 is 11.0 Å². The Kier molecular flexibility index (Phi) is 3.31. The molecule has 0 saturated carbocycles. The zero-order valence-electron chi connectivity index (χ0n) is 11.3. The Morgan fingerprint density at radius 1 is 1.37 bits per heavy atom. The Labute approximate surface area is 112 Å². The summed E-state index contributed by atoms with van der Waals surface area (Å²) in [6, 6.07) is 8.28. The first-order chi connectivity index (χ1) is 9.19. The maximum atomic E-state index is 5.94. The summed E-state index contributed by atoms with van der Waals surface area (Å²) in [7, 11) is 0. The van der Waals surface area contributed by atoms with Crippen LogP contribution in [0, 0.1) is 12.8 Å². The highest BCUT2D eigenvalue weighted by Gasteiger charge is 2.34. The SMILES string of the molecule is Cc1ccc2oc(C(NN)C3CCOC3C)cc2c1. The van der Waals surface area contributed by atoms with Crippen molar-refractivity contribution in [1.82, 2.24) is 5.43 Å². The molecule has 3 rings (SSSR count). The first-order valence-corrected chi connectivity index (χ1v) is 6.77. The van der Waals surface area contributed by atoms with Gasteiger partial charge in [-0.3, -0.25) is 5.84 Å². The third-order valence-corrected chi connectivity index (χ3v) is 4.04. The maximum absolute atomic E-state index is 5.94. The van der Waals surface area contributed by atoms with E-state index >= 15 is 0 Å². The second-order valence-corrected chi connectivity index (χ2v) is 5.36. The summed E-state index contributed by atoms with van der Waals surface area (Å²) in [5.74, 6) is 6.98. The summed E-state index contributed by atoms with van der Waals surface area (Å²) >= 11 is 0. The van der Waals surface area contributed by atoms with Crippen molar-refractivity contribution in [3.8, 4) is 0 Å². The number of hydrogen-bond acceptors (Lipinski definition) is 4. The smallest absolute Gasteiger partial charge is 0.134 e. The van der Waals surface area contributed by atoms with Gasteiger partial charge in [0.25, 0.3) is 0 Å². The van der Waals surface area contributed by atoms with E-state index in [-0.39, 0.29) is 12.1 Å². The van der Waals surface area contributed by atoms with Crippen LogP contribution in [0.5, 0.6) is 0 Å². The highest BCUT2D eigenvalue weighted by molar-refractivity contribution is 5.78. The normalized spacial score (nSPS) is 25.0. The van der Waals surface area contributed by atoms with Crippen LogP contribution >= 0.6 is 0 Å². The lowest BCUT2D eigenvalue weighted by molar-refractivity contribution is 0.0927. The van der Waals surface area contributed by atoms with Crippen molar-refractivity contribution in [2.45, 2.75) is 32.4 Å². The average Bonchev–Trinajstić information content (AvgIpc) is 2.97. The second kappa shape index (κ2) is 4.96. The van der Waals surface area contributed by atoms with E-state index in [4.69, 9.17) is 15.0 Å². The Morgan fingerprint density at radius 3 is 2.89 bits per heavy atom. The molecular formula is C15H20N2O2. The third-order valence-electron chi connectivity index (χ3n) is 4.04. The molecule has 0 amide bonds. The quantitative estimate of drug-likeness (QED) is 0.658. The highest BCUT2D eigenvalue weighted by atomic mass is 16.5. The van der Waals surface area contributed by atoms with Gasteiger partial charge in [0.2, 0.25) is 0 Å². The first kappa shape index (κ1) is 12.7. The molecule has 4 nitrogen and oxygen atoms in total. The predicted molar refractivity (Wildman–Crippen MR) is 74.5 cm³/mol. The van der Waals surface area contributed by atoms with Crippen molar-refractivity contribution in [2.75, 3.05) is 6.61 Å². The van der Waals surface area contributed by atoms with Gasteiger partial charge in [-0.15, -0.1) is 0 Å². The molecule has 3 N–H and O–H groups in total. The molecule has 1 aromatic heterocycles. The molecule has 1 aliphatic rings. The lowest BCUT2D eigenvalue weighted by atomic mass is 9.92. The fourth-order valence-electron chi connectivity index (χ4n) is 2.94. The van der Waals surface area contributed by atoms with E-state index in [9.17, 15) is 0 Å². The van der Waals surface area contributed by atoms with Gasteiger partial charge in [0, 0.05) is 17.9 Å². The van der Waals surface area contributed by atoms with Crippen molar-refractivity contribution in [3.63, 3.8) is 0 Å². The Bertz CT molecular complexity index is 579. The number of hydrogen-bond donors (Lipinski definition) is 2. The molecule has 2 heterocycles. The molecule has 0 spiro atoms. The van der Waals surface area contributed by atoms with E-state index in [0.29, 0.717) is 5.92 Å². The van der Waals surface area contributed by atoms with Gasteiger partial charge in [-0.05, 0) is 38.5 Å². The molecule has 4 heteroatoms. The van der Waals surface area contributed by atoms with Crippen LogP contribution in [0.2, 0.25) is 0 Å². The van der Waals surface area contributed by atoms with Crippen LogP contribution < -0.4 is 11.3 Å². The molecular weight excluding hydrogens is 240 g/mol. The number of ether oxygens (including phenoxy) is 1. The molecule has 19 heavy (non-hydrogen) atoms. The molecule has 1 aromatic carbocycles. The molecule has 1 fully saturated rings. The van der Waals surface area contributed by atoms with Gasteiger partial charge >= 0.3 is 0 Å². The maximum Gasteiger partial charge on any atom is 0.134 e. The number of benzene rings is 1. The number of aryl methyl sites for hydroxylation is 1. The van der Waals surface area contributed by atoms with Crippen LogP contribution in [0.4, 0.5) is 0 Å². The standard InChI is InChI=1S/C15H20N2O2/c1-9-3-4-13-11(7-9)8-14(19-13)15(17-16)12-5-6-18-10(12)2/h3-4,7-8,10,12,15,17H,5-6,16H2,1-2H3. The highest BCUT2D eigenvalue weighted by Crippen LogP contribution is 2.35. The zero-order valence-corrected chi connectivity index (χ0v) is 11.3. The van der Waals surface area contributed by atoms with E-state index in [0.717, 1.165) is 29.8 Å². The number of furan rings is 1. The van der Waals surface area contributed by atoms with Crippen molar-refractivity contribution in [3.05, 3.63) is 35.6 Å². The lowest BCUT2D eigenvalue weighted by Crippen LogP contribution is -2.35. The molecule has 0 bridgehead atoms. The fourth-order valence-corrected chi connectivity index (χ4v) is 2.94. The molecule has 3 atom stereocenters. The van der Waals surface area contributed by atoms with Gasteiger partial charge in [-0.1, -0.05) is 11.6 Å². The monoisotopic (exact) mass is 260 g/mol. The summed E-state index contributed by atoms with van der Waals surface area (Å²) in [5, 5.41) is 1.13. The number of fused-ring (bicyclic) bond motifs is 1. The van der Waals surface area contributed by atoms with Gasteiger partial charge in [0.1, 0.15) is 11.3 Å². The van der Waals surface area contributed by atoms with Crippen LogP contribution in [-0.4, -0.2) is 12.7 Å². The molecule has 3 unspecified atom stereocenters. The van der Waals surface area contributed by atoms with Gasteiger partial charge in [-0.2, -0.15) is 0 Å². The lowest BCUT2D eigenvalue weighted by Gasteiger charge is -2.23. The van der Waals surface area contributed by atoms with E-state index in [1.165, 1.54) is 5.56 Å². The summed E-state index contributed by atoms with van der Waals surface area (Å²) in [5.41, 5.74) is 5.03. The van der Waals surface area contributed by atoms with Gasteiger partial charge in [0.15, 0.2) is 0 Å². The van der Waals surface area contributed by atoms with Crippen molar-refractivity contribution in [1.29, 1.82) is 0 Å². The van der Waals surface area contributed by atoms with Crippen LogP contribution in [0.25, 0.3) is 11.0 Å². The van der Waals surface area contributed by atoms with E-state index in [1.807, 2.05) is 6.07 Å². The number of nitrogens with two attached hydrogens (primary N) is 1. The van der Waals surface area contributed by atoms with E-state index < -0.39 is 0 Å². The Hall–Kier alpha value is -1.36. The van der Waals surface area contributed by atoms with Crippen LogP contribution in [-0.2, 0) is 4.74 Å². The van der Waals surface area contributed by atoms with Crippen LogP contribution in [0.1, 0.15) is 30.7 Å². The Morgan fingerprint density at radius 2 is 2.21 bits per heavy atom. The third kappa shape index (κ3) is 2.27. The number of rotatable bonds is 3. The number of nitrogens with one attached hydrogen (secondary N) is 1. The van der Waals surface area contributed by atoms with Gasteiger partial charge < -0.3 is 9.15 Å². The summed E-state index contributed by atoms with van der Waals surface area (Å²) < 4.78 is 11.6. The minimum Gasteiger partial charge on any atom is -0.459 e. The number of hydrazine groups is 1. The predicted octanol–water partition coefficient (Wildman–Crippen LogP) is 2.67. The second-order valence-electron chi connectivity index (χ2n) is 5.36. The summed E-state index contributed by atoms with van der Waals surface area (Å²) in [6.45, 7) is 4.97. The summed E-state index contributed by atoms with van der Waals surface area (Å²) in [6.07, 6.45) is 1.21. The molecule has 1 saturated heterocycles. The van der Waals surface area contributed by atoms with Crippen molar-refractivity contribution < 1.29 is 9.15 Å². The molecule has 2 aromatic rings. The van der Waals surface area contributed by atoms with E-state index in [2.05, 4.69) is 37.5 Å². The molecule has 0 radical (unpaired) electrons. The minimum absolute atomic E-state index is 0.00482. The molecule has 1 aliphatic heterocycles. The van der Waals surface area contributed by atoms with Crippen LogP contribution in [0.15, 0.2) is 28.7 Å². The van der Waals surface area contributed by atoms with E-state index in [1.54, 1.807) is 0 Å². The minimum atomic E-state index is 0.00482. The largest absolute Gasteiger partial charge is 0.459 e. The first-order valence-electron chi connectivity index (χ1n) is 6.77. The molecule has 0 aliphatic carbocycles. The zero-order chi connectivity index (χ0) is 13.4. The van der Waals surface area contributed by atoms with Gasteiger partial charge in [0.05, 0.1) is 12.1 Å². The fraction of sp³-hybridized carbons (Fsp3) is 0.467. The summed E-state index contributed by atoms with van der Waals surface area (Å²) in [4.78, 5) is 0. The van der Waals surface area contributed by atoms with Gasteiger partial charge in [-0.25, -0.2) is 5.43 Å². The topological polar surface area (TPSA) is 60.4 Å². The van der Waals surface area contributed by atoms with Crippen molar-refractivity contribution in [2.24, 2.45) is 11.8 Å². The molecule has 102 valence electrons. The van der Waals surface area contributed by atoms with Crippen LogP contribution in [0.3, 0.4) is 0 Å². The average molecular weight is 260 g/mol. The Balaban J connectivity index is 1.96.